The zero-order chi connectivity index (χ0) is 41.6. The van der Waals surface area contributed by atoms with E-state index in [0.29, 0.717) is 145 Å². The molecule has 0 aliphatic carbocycles. The van der Waals surface area contributed by atoms with Crippen molar-refractivity contribution >= 4 is 6.09 Å². The number of hydrogen-bond acceptors (Lipinski definition) is 13. The molecule has 342 valence electrons. The second-order valence-corrected chi connectivity index (χ2v) is 14.9. The fourth-order valence-corrected chi connectivity index (χ4v) is 5.16. The van der Waals surface area contributed by atoms with Crippen LogP contribution in [0.15, 0.2) is 0 Å². The van der Waals surface area contributed by atoms with E-state index in [2.05, 4.69) is 6.92 Å². The Balaban J connectivity index is 3.12. The zero-order valence-electron chi connectivity index (χ0n) is 37.2. The van der Waals surface area contributed by atoms with Crippen molar-refractivity contribution in [3.05, 3.63) is 0 Å². The Hall–Kier alpha value is -1.17. The molecule has 0 saturated heterocycles. The number of carbonyl (C=O) groups excluding carboxylic acids is 1. The van der Waals surface area contributed by atoms with E-state index in [4.69, 9.17) is 56.8 Å². The summed E-state index contributed by atoms with van der Waals surface area (Å²) < 4.78 is 66.1. The first-order valence-electron chi connectivity index (χ1n) is 22.2. The average Bonchev–Trinajstić information content (AvgIpc) is 3.18. The summed E-state index contributed by atoms with van der Waals surface area (Å²) in [5, 5.41) is 0. The maximum atomic E-state index is 11.9. The number of nitrogens with zero attached hydrogens (tertiary/aromatic N) is 1. The number of ether oxygens (including phenoxy) is 12. The lowest BCUT2D eigenvalue weighted by Crippen LogP contribution is -2.36. The van der Waals surface area contributed by atoms with E-state index < -0.39 is 5.60 Å². The smallest absolute Gasteiger partial charge is 0.410 e. The van der Waals surface area contributed by atoms with E-state index in [1.165, 1.54) is 81.9 Å². The molecule has 0 spiro atoms. The first-order chi connectivity index (χ1) is 27.9. The van der Waals surface area contributed by atoms with Gasteiger partial charge in [-0.25, -0.2) is 4.79 Å². The predicted octanol–water partition coefficient (Wildman–Crippen LogP) is 7.13. The molecule has 0 radical (unpaired) electrons. The van der Waals surface area contributed by atoms with Gasteiger partial charge in [0.05, 0.1) is 139 Å². The summed E-state index contributed by atoms with van der Waals surface area (Å²) in [4.78, 5) is 13.4. The van der Waals surface area contributed by atoms with E-state index >= 15 is 0 Å². The van der Waals surface area contributed by atoms with Gasteiger partial charge in [0.1, 0.15) is 5.60 Å². The maximum Gasteiger partial charge on any atom is 0.410 e. The Morgan fingerprint density at radius 1 is 0.351 bits per heavy atom. The summed E-state index contributed by atoms with van der Waals surface area (Å²) in [5.41, 5.74) is -0.509. The van der Waals surface area contributed by atoms with Crippen LogP contribution in [0.2, 0.25) is 0 Å². The Morgan fingerprint density at radius 3 is 0.842 bits per heavy atom. The fourth-order valence-electron chi connectivity index (χ4n) is 5.16. The molecule has 1 amide bonds. The van der Waals surface area contributed by atoms with Crippen molar-refractivity contribution in [1.29, 1.82) is 0 Å². The molecular formula is C43H87NO13. The molecule has 0 aromatic carbocycles. The van der Waals surface area contributed by atoms with E-state index in [1.54, 1.807) is 7.05 Å². The molecule has 0 fully saturated rings. The van der Waals surface area contributed by atoms with Gasteiger partial charge in [0, 0.05) is 20.2 Å². The summed E-state index contributed by atoms with van der Waals surface area (Å²) in [5.74, 6) is 0. The predicted molar refractivity (Wildman–Crippen MR) is 224 cm³/mol. The molecular weight excluding hydrogens is 738 g/mol. The minimum Gasteiger partial charge on any atom is -0.444 e. The molecule has 14 heteroatoms. The summed E-state index contributed by atoms with van der Waals surface area (Å²) in [6.45, 7) is 19.9. The number of rotatable bonds is 47. The summed E-state index contributed by atoms with van der Waals surface area (Å²) >= 11 is 0. The highest BCUT2D eigenvalue weighted by Gasteiger charge is 2.19. The van der Waals surface area contributed by atoms with Gasteiger partial charge >= 0.3 is 6.09 Å². The molecule has 0 heterocycles. The molecule has 0 bridgehead atoms. The lowest BCUT2D eigenvalue weighted by molar-refractivity contribution is -0.0277. The highest BCUT2D eigenvalue weighted by atomic mass is 16.6. The minimum atomic E-state index is -0.509. The Morgan fingerprint density at radius 2 is 0.579 bits per heavy atom. The number of carbonyl (C=O) groups is 1. The second-order valence-electron chi connectivity index (χ2n) is 14.9. The minimum absolute atomic E-state index is 0.362. The summed E-state index contributed by atoms with van der Waals surface area (Å²) in [6.07, 6.45) is 17.4. The third kappa shape index (κ3) is 49.1. The largest absolute Gasteiger partial charge is 0.444 e. The quantitative estimate of drug-likeness (QED) is 0.0578. The van der Waals surface area contributed by atoms with E-state index in [9.17, 15) is 4.79 Å². The van der Waals surface area contributed by atoms with Gasteiger partial charge in [-0.05, 0) is 27.2 Å². The van der Waals surface area contributed by atoms with Crippen molar-refractivity contribution < 1.29 is 61.6 Å². The Bertz CT molecular complexity index is 791. The first-order valence-corrected chi connectivity index (χ1v) is 22.2. The maximum absolute atomic E-state index is 11.9. The molecule has 0 aromatic heterocycles. The zero-order valence-corrected chi connectivity index (χ0v) is 37.2. The van der Waals surface area contributed by atoms with Gasteiger partial charge in [-0.1, -0.05) is 84.0 Å². The van der Waals surface area contributed by atoms with Crippen molar-refractivity contribution in [1.82, 2.24) is 4.90 Å². The van der Waals surface area contributed by atoms with Crippen LogP contribution in [0.4, 0.5) is 4.79 Å². The molecule has 0 aliphatic rings. The molecule has 0 N–H and O–H groups in total. The van der Waals surface area contributed by atoms with Gasteiger partial charge in [0.15, 0.2) is 0 Å². The highest BCUT2D eigenvalue weighted by Crippen LogP contribution is 2.12. The van der Waals surface area contributed by atoms with Crippen LogP contribution in [0.5, 0.6) is 0 Å². The molecule has 0 atom stereocenters. The van der Waals surface area contributed by atoms with Crippen LogP contribution in [-0.2, 0) is 56.8 Å². The van der Waals surface area contributed by atoms with Crippen LogP contribution >= 0.6 is 0 Å². The van der Waals surface area contributed by atoms with Crippen molar-refractivity contribution in [3.8, 4) is 0 Å². The normalized spacial score (nSPS) is 11.8. The van der Waals surface area contributed by atoms with Gasteiger partial charge in [-0.15, -0.1) is 0 Å². The highest BCUT2D eigenvalue weighted by molar-refractivity contribution is 5.67. The van der Waals surface area contributed by atoms with Crippen LogP contribution in [-0.4, -0.2) is 176 Å². The van der Waals surface area contributed by atoms with Crippen LogP contribution < -0.4 is 0 Å². The van der Waals surface area contributed by atoms with E-state index in [1.807, 2.05) is 20.8 Å². The standard InChI is InChI=1S/C43H87NO13/c1-6-7-8-9-10-11-12-13-14-15-16-17-18-20-46-22-24-48-26-28-50-30-32-52-34-36-54-38-40-56-41-39-55-37-35-53-33-31-51-29-27-49-25-23-47-21-19-44(5)42(45)57-43(2,3)4/h6-41H2,1-5H3. The molecule has 0 unspecified atom stereocenters. The molecule has 0 saturated carbocycles. The molecule has 57 heavy (non-hydrogen) atoms. The van der Waals surface area contributed by atoms with Crippen molar-refractivity contribution in [2.75, 3.05) is 159 Å². The second kappa shape index (κ2) is 45.9. The third-order valence-electron chi connectivity index (χ3n) is 8.39. The molecule has 0 aliphatic heterocycles. The molecule has 14 nitrogen and oxygen atoms in total. The van der Waals surface area contributed by atoms with E-state index in [0.717, 1.165) is 13.0 Å². The van der Waals surface area contributed by atoms with E-state index in [-0.39, 0.29) is 6.09 Å². The Labute approximate surface area is 347 Å². The number of amides is 1. The first kappa shape index (κ1) is 55.8. The van der Waals surface area contributed by atoms with Crippen LogP contribution in [0.1, 0.15) is 111 Å². The number of likely N-dealkylation sites (N-methyl/N-ethyl adjacent to an activating group) is 1. The van der Waals surface area contributed by atoms with Gasteiger partial charge < -0.3 is 61.7 Å². The van der Waals surface area contributed by atoms with Crippen molar-refractivity contribution in [2.24, 2.45) is 0 Å². The Kier molecular flexibility index (Phi) is 45.0. The third-order valence-corrected chi connectivity index (χ3v) is 8.39. The topological polar surface area (TPSA) is 131 Å². The molecule has 0 aromatic rings. The van der Waals surface area contributed by atoms with Gasteiger partial charge in [0.25, 0.3) is 0 Å². The molecule has 0 rings (SSSR count). The van der Waals surface area contributed by atoms with Crippen molar-refractivity contribution in [2.45, 2.75) is 117 Å². The monoisotopic (exact) mass is 826 g/mol. The fraction of sp³-hybridized carbons (Fsp3) is 0.977. The summed E-state index contributed by atoms with van der Waals surface area (Å²) in [7, 11) is 1.69. The van der Waals surface area contributed by atoms with Gasteiger partial charge in [-0.3, -0.25) is 0 Å². The van der Waals surface area contributed by atoms with Crippen LogP contribution in [0.3, 0.4) is 0 Å². The average molecular weight is 826 g/mol. The lowest BCUT2D eigenvalue weighted by Gasteiger charge is -2.24. The van der Waals surface area contributed by atoms with Crippen LogP contribution in [0.25, 0.3) is 0 Å². The van der Waals surface area contributed by atoms with Crippen molar-refractivity contribution in [3.63, 3.8) is 0 Å². The van der Waals surface area contributed by atoms with Gasteiger partial charge in [-0.2, -0.15) is 0 Å². The van der Waals surface area contributed by atoms with Gasteiger partial charge in [0.2, 0.25) is 0 Å². The SMILES string of the molecule is CCCCCCCCCCCCCCCOCCOCCOCCOCCOCCOCCOCCOCCOCCOCCOCCN(C)C(=O)OC(C)(C)C. The summed E-state index contributed by atoms with van der Waals surface area (Å²) in [6, 6.07) is 0. The number of unbranched alkanes of at least 4 members (excludes halogenated alkanes) is 12. The van der Waals surface area contributed by atoms with Crippen LogP contribution in [0, 0.1) is 0 Å². The number of hydrogen-bond donors (Lipinski definition) is 0. The lowest BCUT2D eigenvalue weighted by atomic mass is 10.0.